The van der Waals surface area contributed by atoms with Crippen LogP contribution in [-0.4, -0.2) is 256 Å². The number of anilines is 2. The fourth-order valence-corrected chi connectivity index (χ4v) is 20.5. The van der Waals surface area contributed by atoms with Gasteiger partial charge in [-0.05, 0) is 165 Å². The van der Waals surface area contributed by atoms with Crippen LogP contribution in [0.1, 0.15) is 160 Å². The quantitative estimate of drug-likeness (QED) is 0.0182. The number of nitrogens with zero attached hydrogens (tertiary/aromatic N) is 7. The second kappa shape index (κ2) is 36.9. The van der Waals surface area contributed by atoms with Crippen molar-refractivity contribution >= 4 is 96.0 Å². The van der Waals surface area contributed by atoms with Crippen LogP contribution in [0.3, 0.4) is 0 Å². The number of hydrogen-bond acceptors (Lipinski definition) is 25. The lowest BCUT2D eigenvalue weighted by molar-refractivity contribution is -0.248. The number of fused-ring (bicyclic) bond motifs is 2. The SMILES string of the molecule is CCC(=O)N[C@H]1C[C@@H](COCCS(=O)(=O)O)N(CC(=O)N[C@H](C(=O)N[C@@H](C)C(=O)Cc2ccc(COC(=O)N(CCOC34CC5(C)CC(C)(CC(Cn6ncc(-c7ccc(N8CCc9cccc(C(=O)Nc%10nc%11ccccc%11s%10)c9C8)nc7C(=O)O)c6C)(C5)C3)C4)CC[C@H](O)CO)c(CC[C@@H]3O[C@H](C(=O)O)[C@@H](O)[C@H](O)[C@H]3O)c2)C(C)C)C1=O. The van der Waals surface area contributed by atoms with Crippen LogP contribution in [0.15, 0.2) is 79.0 Å². The minimum atomic E-state index is -4.37. The summed E-state index contributed by atoms with van der Waals surface area (Å²) >= 11 is 1.39. The Morgan fingerprint density at radius 1 is 0.840 bits per heavy atom. The number of hydrogen-bond donors (Lipinski definition) is 12. The molecule has 7 aliphatic rings. The third kappa shape index (κ3) is 20.9. The zero-order valence-corrected chi connectivity index (χ0v) is 69.3. The van der Waals surface area contributed by atoms with Crippen molar-refractivity contribution < 1.29 is 111 Å². The molecule has 6 amide bonds. The zero-order valence-electron chi connectivity index (χ0n) is 67.7. The molecular formula is C83H107N11O23S2. The number of pyridine rings is 1. The third-order valence-corrected chi connectivity index (χ3v) is 25.6. The normalized spacial score (nSPS) is 25.3. The molecule has 6 aromatic rings. The van der Waals surface area contributed by atoms with E-state index in [4.69, 9.17) is 29.0 Å². The van der Waals surface area contributed by atoms with E-state index >= 15 is 0 Å². The van der Waals surface area contributed by atoms with E-state index in [1.807, 2.05) is 59.0 Å². The summed E-state index contributed by atoms with van der Waals surface area (Å²) < 4.78 is 58.9. The lowest BCUT2D eigenvalue weighted by Gasteiger charge is -2.69. The molecule has 6 fully saturated rings. The summed E-state index contributed by atoms with van der Waals surface area (Å²) in [6.07, 6.45) is -4.14. The van der Waals surface area contributed by atoms with Crippen LogP contribution in [0.25, 0.3) is 21.3 Å². The number of nitrogens with one attached hydrogen (secondary N) is 4. The standard InChI is InChI=1S/C83H107N11O23S2/c1-8-65(98)86-60-32-53(38-114-28-29-119(111,112)113)93(75(60)105)35-66(99)89-67(46(2)3)74(104)85-47(4)61(97)31-49-16-17-52(51(30-49)18-20-62-69(100)70(101)71(102)72(117-62)77(108)109)37-115-79(110)91(25-23-54(96)36-95)26-27-116-83-42-80(6)39-81(7,43-83)41-82(40-80,44-83)45-94-48(5)57(33-84-94)55-19-21-64(88-68(55)76(106)107)92-24-22-50-12-11-13-56(58(50)34-92)73(103)90-78-87-59-14-9-10-15-63(59)118-78/h9-17,19,21,30,33,46-47,53-54,60,62,67,69-72,95-96,100-102H,8,18,20,22-29,31-32,34-45H2,1-7H3,(H,85,104)(H,86,98)(H,89,99)(H,106,107)(H,108,109)(H,87,90,103)(H,111,112,113)/t47-,53-,54-,60-,62-,67-,69-,70+,71-,72-,80?,81?,82?,83?/m0/s1. The smallest absolute Gasteiger partial charge is 0.410 e. The molecule has 3 aliphatic heterocycles. The first kappa shape index (κ1) is 88.8. The first-order valence-electron chi connectivity index (χ1n) is 40.3. The lowest BCUT2D eigenvalue weighted by atomic mass is 9.39. The van der Waals surface area contributed by atoms with E-state index in [0.717, 1.165) is 64.0 Å². The second-order valence-corrected chi connectivity index (χ2v) is 36.6. The molecule has 4 aliphatic carbocycles. The van der Waals surface area contributed by atoms with Crippen molar-refractivity contribution in [3.8, 4) is 11.1 Å². The van der Waals surface area contributed by atoms with E-state index < -0.39 is 155 Å². The number of amides is 6. The summed E-state index contributed by atoms with van der Waals surface area (Å²) in [5, 5.41) is 89.9. The van der Waals surface area contributed by atoms with Crippen molar-refractivity contribution in [1.82, 2.24) is 45.5 Å². The maximum absolute atomic E-state index is 14.6. The molecule has 4 saturated carbocycles. The van der Waals surface area contributed by atoms with Gasteiger partial charge in [0.2, 0.25) is 23.6 Å². The molecule has 3 aromatic heterocycles. The number of thiazole rings is 1. The Morgan fingerprint density at radius 3 is 2.29 bits per heavy atom. The van der Waals surface area contributed by atoms with Gasteiger partial charge in [-0.1, -0.05) is 88.4 Å². The molecule has 36 heteroatoms. The molecule has 4 bridgehead atoms. The number of carbonyl (C=O) groups is 9. The van der Waals surface area contributed by atoms with E-state index in [9.17, 15) is 91.9 Å². The van der Waals surface area contributed by atoms with Crippen molar-refractivity contribution in [1.29, 1.82) is 0 Å². The average molecular weight is 1690 g/mol. The maximum Gasteiger partial charge on any atom is 0.410 e. The number of aliphatic carboxylic acids is 1. The van der Waals surface area contributed by atoms with Crippen LogP contribution in [0.4, 0.5) is 15.7 Å². The highest BCUT2D eigenvalue weighted by molar-refractivity contribution is 7.85. The maximum atomic E-state index is 14.6. The van der Waals surface area contributed by atoms with Crippen LogP contribution >= 0.6 is 11.3 Å². The molecule has 2 unspecified atom stereocenters. The van der Waals surface area contributed by atoms with Crippen molar-refractivity contribution in [2.45, 2.75) is 218 Å². The monoisotopic (exact) mass is 1690 g/mol. The Kier molecular flexibility index (Phi) is 27.5. The average Bonchev–Trinajstić information content (AvgIpc) is 0.800. The van der Waals surface area contributed by atoms with E-state index in [-0.39, 0.29) is 99.3 Å². The Hall–Kier alpha value is -9.47. The van der Waals surface area contributed by atoms with E-state index in [1.165, 1.54) is 23.2 Å². The van der Waals surface area contributed by atoms with Gasteiger partial charge in [0.1, 0.15) is 42.8 Å². The Morgan fingerprint density at radius 2 is 1.59 bits per heavy atom. The summed E-state index contributed by atoms with van der Waals surface area (Å²) in [5.41, 5.74) is 4.72. The fraction of sp³-hybridized carbons (Fsp3) is 0.566. The van der Waals surface area contributed by atoms with Crippen molar-refractivity contribution in [3.05, 3.63) is 124 Å². The summed E-state index contributed by atoms with van der Waals surface area (Å²) in [6, 6.07) is 17.4. The number of aliphatic hydroxyl groups is 5. The first-order valence-corrected chi connectivity index (χ1v) is 42.7. The molecular weight excluding hydrogens is 1580 g/mol. The predicted octanol–water partition coefficient (Wildman–Crippen LogP) is 4.92. The molecule has 12 N–H and O–H groups in total. The number of aromatic nitrogens is 4. The van der Waals surface area contributed by atoms with E-state index in [1.54, 1.807) is 57.3 Å². The number of aromatic carboxylic acids is 1. The molecule has 6 heterocycles. The van der Waals surface area contributed by atoms with Gasteiger partial charge in [-0.3, -0.25) is 43.3 Å². The summed E-state index contributed by atoms with van der Waals surface area (Å²) in [4.78, 5) is 135. The number of para-hydroxylation sites is 1. The minimum absolute atomic E-state index is 0.000552. The number of likely N-dealkylation sites (tertiary alicyclic amines) is 1. The number of carbonyl (C=O) groups excluding carboxylic acids is 7. The summed E-state index contributed by atoms with van der Waals surface area (Å²) in [5.74, 6) is -7.03. The molecule has 644 valence electrons. The molecule has 0 radical (unpaired) electrons. The third-order valence-electron chi connectivity index (χ3n) is 24.0. The Labute approximate surface area is 692 Å². The van der Waals surface area contributed by atoms with Crippen LogP contribution in [-0.2, 0) is 96.8 Å². The Balaban J connectivity index is 0.703. The molecule has 119 heavy (non-hydrogen) atoms. The molecule has 13 rings (SSSR count). The number of rotatable bonds is 37. The molecule has 3 aromatic carbocycles. The van der Waals surface area contributed by atoms with Crippen LogP contribution in [0.5, 0.6) is 0 Å². The summed E-state index contributed by atoms with van der Waals surface area (Å²) in [7, 11) is -4.37. The van der Waals surface area contributed by atoms with Crippen LogP contribution in [0, 0.1) is 29.1 Å². The lowest BCUT2D eigenvalue weighted by Crippen LogP contribution is -2.64. The highest BCUT2D eigenvalue weighted by Crippen LogP contribution is 2.72. The minimum Gasteiger partial charge on any atom is -0.479 e. The molecule has 12 atom stereocenters. The number of aryl methyl sites for hydroxylation is 1. The number of ether oxygens (including phenoxy) is 4. The number of benzene rings is 3. The molecule has 2 saturated heterocycles. The van der Waals surface area contributed by atoms with E-state index in [0.29, 0.717) is 76.8 Å². The van der Waals surface area contributed by atoms with Crippen LogP contribution < -0.4 is 26.2 Å². The van der Waals surface area contributed by atoms with Gasteiger partial charge in [0.15, 0.2) is 22.7 Å². The second-order valence-electron chi connectivity index (χ2n) is 34.0. The number of aliphatic hydroxyl groups excluding tert-OH is 5. The molecule has 0 spiro atoms. The highest BCUT2D eigenvalue weighted by atomic mass is 32.2. The van der Waals surface area contributed by atoms with Crippen molar-refractivity contribution in [3.63, 3.8) is 0 Å². The van der Waals surface area contributed by atoms with Gasteiger partial charge in [0.25, 0.3) is 16.0 Å². The number of ketones is 1. The first-order chi connectivity index (χ1) is 56.4. The number of Topliss-reactive ketones (excluding diaryl/α,β-unsaturated/α-hetero) is 1. The number of carboxylic acid groups (broad SMARTS) is 2. The van der Waals surface area contributed by atoms with Gasteiger partial charge in [0, 0.05) is 67.9 Å². The van der Waals surface area contributed by atoms with Gasteiger partial charge in [-0.25, -0.2) is 24.4 Å². The van der Waals surface area contributed by atoms with Crippen molar-refractivity contribution in [2.75, 3.05) is 68.6 Å². The van der Waals surface area contributed by atoms with Gasteiger partial charge < -0.3 is 85.3 Å². The Bertz CT molecular complexity index is 4870. The van der Waals surface area contributed by atoms with Crippen molar-refractivity contribution in [2.24, 2.45) is 22.2 Å². The molecule has 34 nitrogen and oxygen atoms in total. The fourth-order valence-electron chi connectivity index (χ4n) is 19.3. The van der Waals surface area contributed by atoms with Gasteiger partial charge in [-0.2, -0.15) is 13.5 Å². The van der Waals surface area contributed by atoms with Gasteiger partial charge in [0.05, 0.1) is 85.0 Å². The topological polar surface area (TPSA) is 488 Å². The predicted molar refractivity (Wildman–Crippen MR) is 432 cm³/mol. The van der Waals surface area contributed by atoms with Gasteiger partial charge >= 0.3 is 18.0 Å². The van der Waals surface area contributed by atoms with E-state index in [2.05, 4.69) is 40.1 Å². The largest absolute Gasteiger partial charge is 0.479 e. The van der Waals surface area contributed by atoms with Crippen LogP contribution in [0.2, 0.25) is 0 Å². The van der Waals surface area contributed by atoms with Gasteiger partial charge in [-0.15, -0.1) is 0 Å². The number of carboxylic acids is 2. The highest BCUT2D eigenvalue weighted by Gasteiger charge is 2.66. The zero-order chi connectivity index (χ0) is 85.8. The summed E-state index contributed by atoms with van der Waals surface area (Å²) in [6.45, 7) is 11.9.